The lowest BCUT2D eigenvalue weighted by Gasteiger charge is -2.12. The first kappa shape index (κ1) is 12.7. The summed E-state index contributed by atoms with van der Waals surface area (Å²) in [5, 5.41) is -0.184. The van der Waals surface area contributed by atoms with Crippen molar-refractivity contribution in [2.45, 2.75) is 56.4 Å². The number of isocyanates is 1. The van der Waals surface area contributed by atoms with E-state index in [0.29, 0.717) is 12.3 Å². The number of carbonyl (C=O) groups excluding carboxylic acids is 1. The Labute approximate surface area is 102 Å². The van der Waals surface area contributed by atoms with Gasteiger partial charge in [0.1, 0.15) is 0 Å². The van der Waals surface area contributed by atoms with Gasteiger partial charge in [0.05, 0.1) is 11.3 Å². The molecule has 0 spiro atoms. The van der Waals surface area contributed by atoms with Crippen molar-refractivity contribution in [3.8, 4) is 0 Å². The molecule has 2 aliphatic carbocycles. The maximum atomic E-state index is 11.8. The third kappa shape index (κ3) is 2.94. The van der Waals surface area contributed by atoms with Crippen molar-refractivity contribution in [1.82, 2.24) is 4.72 Å². The molecule has 0 aliphatic heterocycles. The molecule has 96 valence electrons. The second-order valence-corrected chi connectivity index (χ2v) is 6.98. The topological polar surface area (TPSA) is 75.6 Å². The molecule has 17 heavy (non-hydrogen) atoms. The molecule has 2 aliphatic rings. The lowest BCUT2D eigenvalue weighted by molar-refractivity contribution is 0.459. The van der Waals surface area contributed by atoms with Gasteiger partial charge < -0.3 is 0 Å². The van der Waals surface area contributed by atoms with Crippen LogP contribution in [0.3, 0.4) is 0 Å². The summed E-state index contributed by atoms with van der Waals surface area (Å²) in [6.45, 7) is 2.04. The van der Waals surface area contributed by atoms with Gasteiger partial charge in [0, 0.05) is 6.04 Å². The smallest absolute Gasteiger partial charge is 0.212 e. The highest BCUT2D eigenvalue weighted by Gasteiger charge is 2.40. The van der Waals surface area contributed by atoms with Crippen molar-refractivity contribution in [2.75, 3.05) is 0 Å². The predicted molar refractivity (Wildman–Crippen MR) is 63.8 cm³/mol. The average molecular weight is 258 g/mol. The van der Waals surface area contributed by atoms with Crippen molar-refractivity contribution in [3.63, 3.8) is 0 Å². The van der Waals surface area contributed by atoms with E-state index in [1.54, 1.807) is 6.08 Å². The zero-order chi connectivity index (χ0) is 12.5. The van der Waals surface area contributed by atoms with Crippen LogP contribution in [0.25, 0.3) is 0 Å². The zero-order valence-electron chi connectivity index (χ0n) is 9.93. The van der Waals surface area contributed by atoms with Gasteiger partial charge in [-0.3, -0.25) is 0 Å². The first-order valence-corrected chi connectivity index (χ1v) is 7.69. The highest BCUT2D eigenvalue weighted by atomic mass is 32.2. The van der Waals surface area contributed by atoms with Crippen molar-refractivity contribution in [1.29, 1.82) is 0 Å². The predicted octanol–water partition coefficient (Wildman–Crippen LogP) is 0.961. The van der Waals surface area contributed by atoms with Crippen molar-refractivity contribution in [2.24, 2.45) is 10.9 Å². The monoisotopic (exact) mass is 258 g/mol. The molecular formula is C11H18N2O3S. The van der Waals surface area contributed by atoms with Gasteiger partial charge in [-0.1, -0.05) is 13.3 Å². The summed E-state index contributed by atoms with van der Waals surface area (Å²) in [5.41, 5.74) is 0. The minimum Gasteiger partial charge on any atom is -0.212 e. The van der Waals surface area contributed by atoms with Crippen LogP contribution in [0.1, 0.15) is 39.0 Å². The van der Waals surface area contributed by atoms with Crippen LogP contribution in [-0.2, 0) is 14.8 Å². The van der Waals surface area contributed by atoms with Crippen LogP contribution in [0.4, 0.5) is 0 Å². The number of hydrogen-bond donors (Lipinski definition) is 1. The molecule has 0 saturated heterocycles. The van der Waals surface area contributed by atoms with E-state index in [2.05, 4.69) is 9.71 Å². The Hall–Kier alpha value is -0.710. The quantitative estimate of drug-likeness (QED) is 0.589. The fraction of sp³-hybridized carbons (Fsp3) is 0.909. The number of nitrogens with zero attached hydrogens (tertiary/aromatic N) is 1. The van der Waals surface area contributed by atoms with E-state index in [9.17, 15) is 13.2 Å². The van der Waals surface area contributed by atoms with Crippen molar-refractivity contribution >= 4 is 16.1 Å². The van der Waals surface area contributed by atoms with Gasteiger partial charge in [-0.05, 0) is 31.6 Å². The average Bonchev–Trinajstić information content (AvgIpc) is 3.04. The third-order valence-corrected chi connectivity index (χ3v) is 5.71. The van der Waals surface area contributed by atoms with Crippen molar-refractivity contribution in [3.05, 3.63) is 0 Å². The Morgan fingerprint density at radius 1 is 1.35 bits per heavy atom. The molecule has 2 saturated carbocycles. The molecule has 0 radical (unpaired) electrons. The van der Waals surface area contributed by atoms with Crippen LogP contribution in [0.5, 0.6) is 0 Å². The first-order valence-electron chi connectivity index (χ1n) is 6.15. The van der Waals surface area contributed by atoms with E-state index < -0.39 is 10.0 Å². The number of sulfonamides is 1. The summed E-state index contributed by atoms with van der Waals surface area (Å²) in [4.78, 5) is 14.1. The lowest BCUT2D eigenvalue weighted by Crippen LogP contribution is -2.35. The Bertz CT molecular complexity index is 424. The molecule has 1 N–H and O–H groups in total. The van der Waals surface area contributed by atoms with Crippen LogP contribution in [0, 0.1) is 5.92 Å². The molecule has 0 bridgehead atoms. The summed E-state index contributed by atoms with van der Waals surface area (Å²) in [6.07, 6.45) is 5.45. The van der Waals surface area contributed by atoms with E-state index in [1.807, 2.05) is 6.92 Å². The zero-order valence-corrected chi connectivity index (χ0v) is 10.7. The number of aliphatic imine (C=N–C) groups is 1. The van der Waals surface area contributed by atoms with Gasteiger partial charge >= 0.3 is 0 Å². The standard InChI is InChI=1S/C11H18N2O3S/c1-2-8-5-9(6-11(8)12-7-14)13-17(15,16)10-3-4-10/h8-11,13H,2-6H2,1H3/t8-,9?,11?/m1/s1. The minimum atomic E-state index is -3.13. The molecule has 0 aromatic carbocycles. The molecule has 0 heterocycles. The van der Waals surface area contributed by atoms with E-state index in [4.69, 9.17) is 0 Å². The second-order valence-electron chi connectivity index (χ2n) is 4.99. The van der Waals surface area contributed by atoms with Crippen LogP contribution in [0.15, 0.2) is 4.99 Å². The first-order chi connectivity index (χ1) is 8.06. The molecule has 0 aromatic rings. The molecule has 2 rings (SSSR count). The van der Waals surface area contributed by atoms with Gasteiger partial charge in [-0.2, -0.15) is 0 Å². The van der Waals surface area contributed by atoms with E-state index in [0.717, 1.165) is 25.7 Å². The molecule has 3 atom stereocenters. The Morgan fingerprint density at radius 3 is 2.59 bits per heavy atom. The van der Waals surface area contributed by atoms with Gasteiger partial charge in [-0.25, -0.2) is 22.9 Å². The molecule has 6 heteroatoms. The molecule has 5 nitrogen and oxygen atoms in total. The Morgan fingerprint density at radius 2 is 2.06 bits per heavy atom. The van der Waals surface area contributed by atoms with Crippen LogP contribution in [0.2, 0.25) is 0 Å². The van der Waals surface area contributed by atoms with Gasteiger partial charge in [0.25, 0.3) is 0 Å². The van der Waals surface area contributed by atoms with Crippen LogP contribution >= 0.6 is 0 Å². The highest BCUT2D eigenvalue weighted by molar-refractivity contribution is 7.90. The summed E-state index contributed by atoms with van der Waals surface area (Å²) < 4.78 is 26.3. The van der Waals surface area contributed by atoms with E-state index in [1.165, 1.54) is 0 Å². The summed E-state index contributed by atoms with van der Waals surface area (Å²) in [5.74, 6) is 0.295. The van der Waals surface area contributed by atoms with E-state index >= 15 is 0 Å². The second kappa shape index (κ2) is 4.88. The third-order valence-electron chi connectivity index (χ3n) is 3.69. The van der Waals surface area contributed by atoms with Gasteiger partial charge in [0.2, 0.25) is 16.1 Å². The summed E-state index contributed by atoms with van der Waals surface area (Å²) in [7, 11) is -3.13. The normalized spacial score (nSPS) is 33.4. The lowest BCUT2D eigenvalue weighted by atomic mass is 10.0. The van der Waals surface area contributed by atoms with E-state index in [-0.39, 0.29) is 17.3 Å². The fourth-order valence-corrected chi connectivity index (χ4v) is 4.18. The maximum absolute atomic E-state index is 11.8. The van der Waals surface area contributed by atoms with Crippen LogP contribution < -0.4 is 4.72 Å². The largest absolute Gasteiger partial charge is 0.235 e. The van der Waals surface area contributed by atoms with Gasteiger partial charge in [-0.15, -0.1) is 0 Å². The summed E-state index contributed by atoms with van der Waals surface area (Å²) >= 11 is 0. The Balaban J connectivity index is 1.98. The molecule has 2 fully saturated rings. The number of hydrogen-bond acceptors (Lipinski definition) is 4. The van der Waals surface area contributed by atoms with Crippen molar-refractivity contribution < 1.29 is 13.2 Å². The molecule has 0 amide bonds. The number of rotatable bonds is 5. The molecule has 2 unspecified atom stereocenters. The minimum absolute atomic E-state index is 0.0624. The maximum Gasteiger partial charge on any atom is 0.235 e. The Kier molecular flexibility index (Phi) is 3.66. The van der Waals surface area contributed by atoms with Crippen LogP contribution in [-0.4, -0.2) is 31.8 Å². The fourth-order valence-electron chi connectivity index (χ4n) is 2.57. The molecule has 0 aromatic heterocycles. The summed E-state index contributed by atoms with van der Waals surface area (Å²) in [6, 6.07) is -0.128. The molecular weight excluding hydrogens is 240 g/mol. The SMILES string of the molecule is CC[C@@H]1CC(NS(=O)(=O)C2CC2)CC1N=C=O. The number of nitrogens with one attached hydrogen (secondary N) is 1. The highest BCUT2D eigenvalue weighted by Crippen LogP contribution is 2.33. The van der Waals surface area contributed by atoms with Gasteiger partial charge in [0.15, 0.2) is 0 Å².